The predicted molar refractivity (Wildman–Crippen MR) is 105 cm³/mol. The van der Waals surface area contributed by atoms with E-state index in [0.717, 1.165) is 29.2 Å². The highest BCUT2D eigenvalue weighted by molar-refractivity contribution is 7.98. The summed E-state index contributed by atoms with van der Waals surface area (Å²) < 4.78 is 11.0. The minimum atomic E-state index is 0.583. The SMILES string of the molecule is COc1cccc(Cc2nnc(SCc3csc(CCC(C)C)n3)o2)c1. The minimum Gasteiger partial charge on any atom is -0.497 e. The van der Waals surface area contributed by atoms with Crippen molar-refractivity contribution in [3.63, 3.8) is 0 Å². The van der Waals surface area contributed by atoms with Gasteiger partial charge in [0.05, 0.1) is 24.2 Å². The highest BCUT2D eigenvalue weighted by Gasteiger charge is 2.10. The van der Waals surface area contributed by atoms with Gasteiger partial charge in [-0.25, -0.2) is 4.98 Å². The monoisotopic (exact) mass is 389 g/mol. The van der Waals surface area contributed by atoms with Crippen LogP contribution in [0.15, 0.2) is 39.3 Å². The quantitative estimate of drug-likeness (QED) is 0.480. The zero-order valence-corrected chi connectivity index (χ0v) is 16.9. The third kappa shape index (κ3) is 5.57. The Hall–Kier alpha value is -1.86. The van der Waals surface area contributed by atoms with Crippen LogP contribution >= 0.6 is 23.1 Å². The molecule has 0 aliphatic carbocycles. The lowest BCUT2D eigenvalue weighted by molar-refractivity contribution is 0.412. The summed E-state index contributed by atoms with van der Waals surface area (Å²) in [5.74, 6) is 2.89. The molecule has 26 heavy (non-hydrogen) atoms. The van der Waals surface area contributed by atoms with Crippen molar-refractivity contribution in [3.8, 4) is 5.75 Å². The maximum Gasteiger partial charge on any atom is 0.276 e. The molecule has 0 fully saturated rings. The second-order valence-corrected chi connectivity index (χ2v) is 8.31. The van der Waals surface area contributed by atoms with Crippen molar-refractivity contribution in [1.82, 2.24) is 15.2 Å². The van der Waals surface area contributed by atoms with E-state index in [4.69, 9.17) is 9.15 Å². The van der Waals surface area contributed by atoms with Gasteiger partial charge < -0.3 is 9.15 Å². The van der Waals surface area contributed by atoms with Gasteiger partial charge in [-0.3, -0.25) is 0 Å². The standard InChI is InChI=1S/C19H23N3O2S2/c1-13(2)7-8-18-20-15(11-25-18)12-26-19-22-21-17(24-19)10-14-5-4-6-16(9-14)23-3/h4-6,9,11,13H,7-8,10,12H2,1-3H3. The van der Waals surface area contributed by atoms with Crippen LogP contribution in [-0.2, 0) is 18.6 Å². The van der Waals surface area contributed by atoms with E-state index in [9.17, 15) is 0 Å². The number of benzene rings is 1. The van der Waals surface area contributed by atoms with Crippen molar-refractivity contribution in [2.75, 3.05) is 7.11 Å². The summed E-state index contributed by atoms with van der Waals surface area (Å²) >= 11 is 3.26. The summed E-state index contributed by atoms with van der Waals surface area (Å²) in [6.07, 6.45) is 2.83. The van der Waals surface area contributed by atoms with Gasteiger partial charge in [-0.1, -0.05) is 37.7 Å². The lowest BCUT2D eigenvalue weighted by Gasteiger charge is -2.01. The fourth-order valence-electron chi connectivity index (χ4n) is 2.40. The molecule has 3 aromatic rings. The molecule has 2 aromatic heterocycles. The molecule has 0 radical (unpaired) electrons. The number of thioether (sulfide) groups is 1. The van der Waals surface area contributed by atoms with Crippen LogP contribution in [0.3, 0.4) is 0 Å². The second-order valence-electron chi connectivity index (χ2n) is 6.44. The molecule has 7 heteroatoms. The number of methoxy groups -OCH3 is 1. The van der Waals surface area contributed by atoms with Crippen LogP contribution in [0.2, 0.25) is 0 Å². The van der Waals surface area contributed by atoms with Gasteiger partial charge in [0.15, 0.2) is 0 Å². The Morgan fingerprint density at radius 1 is 1.27 bits per heavy atom. The summed E-state index contributed by atoms with van der Waals surface area (Å²) in [5.41, 5.74) is 2.16. The number of hydrogen-bond donors (Lipinski definition) is 0. The van der Waals surface area contributed by atoms with Gasteiger partial charge in [-0.05, 0) is 36.5 Å². The number of nitrogens with zero attached hydrogens (tertiary/aromatic N) is 3. The van der Waals surface area contributed by atoms with Gasteiger partial charge in [0.25, 0.3) is 5.22 Å². The van der Waals surface area contributed by atoms with Crippen molar-refractivity contribution in [3.05, 3.63) is 51.8 Å². The zero-order chi connectivity index (χ0) is 18.4. The number of rotatable bonds is 9. The summed E-state index contributed by atoms with van der Waals surface area (Å²) in [4.78, 5) is 4.68. The molecule has 2 heterocycles. The molecule has 0 saturated heterocycles. The van der Waals surface area contributed by atoms with E-state index in [2.05, 4.69) is 34.4 Å². The van der Waals surface area contributed by atoms with E-state index >= 15 is 0 Å². The molecule has 1 aromatic carbocycles. The summed E-state index contributed by atoms with van der Waals surface area (Å²) in [6, 6.07) is 7.87. The Morgan fingerprint density at radius 3 is 2.96 bits per heavy atom. The first kappa shape index (κ1) is 18.9. The number of aryl methyl sites for hydroxylation is 1. The van der Waals surface area contributed by atoms with Gasteiger partial charge in [0.2, 0.25) is 5.89 Å². The average molecular weight is 390 g/mol. The third-order valence-corrected chi connectivity index (χ3v) is 5.63. The predicted octanol–water partition coefficient (Wildman–Crippen LogP) is 5.01. The normalized spacial score (nSPS) is 11.2. The van der Waals surface area contributed by atoms with Crippen molar-refractivity contribution >= 4 is 23.1 Å². The summed E-state index contributed by atoms with van der Waals surface area (Å²) in [6.45, 7) is 4.48. The van der Waals surface area contributed by atoms with Crippen molar-refractivity contribution in [2.24, 2.45) is 5.92 Å². The molecule has 0 atom stereocenters. The van der Waals surface area contributed by atoms with E-state index in [1.165, 1.54) is 23.2 Å². The number of ether oxygens (including phenoxy) is 1. The van der Waals surface area contributed by atoms with Crippen molar-refractivity contribution in [2.45, 2.75) is 44.1 Å². The van der Waals surface area contributed by atoms with Gasteiger partial charge in [0, 0.05) is 11.1 Å². The summed E-state index contributed by atoms with van der Waals surface area (Å²) in [5, 5.41) is 12.2. The van der Waals surface area contributed by atoms with Crippen molar-refractivity contribution in [1.29, 1.82) is 0 Å². The Bertz CT molecular complexity index is 830. The highest BCUT2D eigenvalue weighted by Crippen LogP contribution is 2.24. The summed E-state index contributed by atoms with van der Waals surface area (Å²) in [7, 11) is 1.66. The highest BCUT2D eigenvalue weighted by atomic mass is 32.2. The topological polar surface area (TPSA) is 61.0 Å². The lowest BCUT2D eigenvalue weighted by Crippen LogP contribution is -1.92. The third-order valence-electron chi connectivity index (χ3n) is 3.82. The first-order valence-electron chi connectivity index (χ1n) is 8.63. The van der Waals surface area contributed by atoms with Crippen LogP contribution < -0.4 is 4.74 Å². The number of aromatic nitrogens is 3. The molecule has 0 aliphatic heterocycles. The van der Waals surface area contributed by atoms with Crippen LogP contribution in [0.25, 0.3) is 0 Å². The molecule has 0 unspecified atom stereocenters. The Labute approximate surface area is 162 Å². The smallest absolute Gasteiger partial charge is 0.276 e. The molecule has 0 aliphatic rings. The first-order chi connectivity index (χ1) is 12.6. The Kier molecular flexibility index (Phi) is 6.68. The molecule has 0 spiro atoms. The molecule has 0 bridgehead atoms. The largest absolute Gasteiger partial charge is 0.497 e. The van der Waals surface area contributed by atoms with Crippen LogP contribution in [0.5, 0.6) is 5.75 Å². The van der Waals surface area contributed by atoms with Crippen LogP contribution in [0.1, 0.15) is 42.4 Å². The molecular formula is C19H23N3O2S2. The van der Waals surface area contributed by atoms with Crippen molar-refractivity contribution < 1.29 is 9.15 Å². The van der Waals surface area contributed by atoms with Gasteiger partial charge in [0.1, 0.15) is 5.75 Å². The molecule has 5 nitrogen and oxygen atoms in total. The molecule has 138 valence electrons. The number of thiazole rings is 1. The van der Waals surface area contributed by atoms with Crippen LogP contribution in [0.4, 0.5) is 0 Å². The molecule has 0 amide bonds. The van der Waals surface area contributed by atoms with E-state index in [1.54, 1.807) is 18.4 Å². The van der Waals surface area contributed by atoms with Gasteiger partial charge in [-0.2, -0.15) is 0 Å². The van der Waals surface area contributed by atoms with Gasteiger partial charge in [-0.15, -0.1) is 21.5 Å². The maximum absolute atomic E-state index is 5.74. The van der Waals surface area contributed by atoms with Crippen LogP contribution in [-0.4, -0.2) is 22.3 Å². The van der Waals surface area contributed by atoms with E-state index in [0.29, 0.717) is 23.5 Å². The average Bonchev–Trinajstić information content (AvgIpc) is 3.27. The maximum atomic E-state index is 5.74. The molecular weight excluding hydrogens is 366 g/mol. The second kappa shape index (κ2) is 9.19. The first-order valence-corrected chi connectivity index (χ1v) is 10.5. The van der Waals surface area contributed by atoms with E-state index in [-0.39, 0.29) is 0 Å². The van der Waals surface area contributed by atoms with Crippen LogP contribution in [0, 0.1) is 5.92 Å². The van der Waals surface area contributed by atoms with E-state index in [1.807, 2.05) is 24.3 Å². The van der Waals surface area contributed by atoms with Gasteiger partial charge >= 0.3 is 0 Å². The minimum absolute atomic E-state index is 0.583. The fraction of sp³-hybridized carbons (Fsp3) is 0.421. The zero-order valence-electron chi connectivity index (χ0n) is 15.3. The Balaban J connectivity index is 1.52. The fourth-order valence-corrected chi connectivity index (χ4v) is 4.00. The lowest BCUT2D eigenvalue weighted by atomic mass is 10.1. The van der Waals surface area contributed by atoms with E-state index < -0.39 is 0 Å². The molecule has 0 saturated carbocycles. The number of hydrogen-bond acceptors (Lipinski definition) is 7. The molecule has 3 rings (SSSR count). The Morgan fingerprint density at radius 2 is 2.15 bits per heavy atom. The molecule has 0 N–H and O–H groups in total.